The number of likely N-dealkylation sites (tertiary alicyclic amines) is 1. The van der Waals surface area contributed by atoms with Crippen molar-refractivity contribution in [3.63, 3.8) is 0 Å². The third-order valence-corrected chi connectivity index (χ3v) is 4.95. The Morgan fingerprint density at radius 1 is 1.13 bits per heavy atom. The third-order valence-electron chi connectivity index (χ3n) is 4.95. The summed E-state index contributed by atoms with van der Waals surface area (Å²) < 4.78 is 0. The Morgan fingerprint density at radius 2 is 1.87 bits per heavy atom. The zero-order valence-corrected chi connectivity index (χ0v) is 13.9. The maximum Gasteiger partial charge on any atom is 0.306 e. The van der Waals surface area contributed by atoms with E-state index in [-0.39, 0.29) is 29.7 Å². The molecule has 0 aromatic heterocycles. The molecule has 130 valence electrons. The van der Waals surface area contributed by atoms with E-state index in [0.29, 0.717) is 32.4 Å². The standard InChI is InChI=1S/C17H28N2O4/c1-2-5-15(20)18-14-8-4-9-19(11-14)16(21)12-6-3-7-13(10-12)17(22)23/h12-14H,2-11H2,1H3,(H,18,20)(H,22,23). The SMILES string of the molecule is CCCC(=O)NC1CCCN(C(=O)C2CCCC(C(=O)O)C2)C1. The molecule has 3 atom stereocenters. The number of piperidine rings is 1. The molecule has 3 unspecified atom stereocenters. The maximum absolute atomic E-state index is 12.7. The normalized spacial score (nSPS) is 28.2. The van der Waals surface area contributed by atoms with Crippen LogP contribution < -0.4 is 5.32 Å². The van der Waals surface area contributed by atoms with Gasteiger partial charge in [0.05, 0.1) is 5.92 Å². The molecule has 0 radical (unpaired) electrons. The van der Waals surface area contributed by atoms with Crippen LogP contribution in [0.3, 0.4) is 0 Å². The van der Waals surface area contributed by atoms with Crippen LogP contribution in [0, 0.1) is 11.8 Å². The number of rotatable bonds is 5. The largest absolute Gasteiger partial charge is 0.481 e. The van der Waals surface area contributed by atoms with Crippen molar-refractivity contribution in [3.05, 3.63) is 0 Å². The lowest BCUT2D eigenvalue weighted by Crippen LogP contribution is -2.51. The van der Waals surface area contributed by atoms with Gasteiger partial charge in [0.1, 0.15) is 0 Å². The molecular formula is C17H28N2O4. The fraction of sp³-hybridized carbons (Fsp3) is 0.824. The van der Waals surface area contributed by atoms with Crippen LogP contribution in [0.2, 0.25) is 0 Å². The molecule has 0 bridgehead atoms. The van der Waals surface area contributed by atoms with Crippen molar-refractivity contribution < 1.29 is 19.5 Å². The Morgan fingerprint density at radius 3 is 2.57 bits per heavy atom. The molecule has 2 fully saturated rings. The molecule has 23 heavy (non-hydrogen) atoms. The van der Waals surface area contributed by atoms with E-state index in [4.69, 9.17) is 5.11 Å². The van der Waals surface area contributed by atoms with Gasteiger partial charge in [-0.05, 0) is 38.5 Å². The van der Waals surface area contributed by atoms with Gasteiger partial charge in [0.25, 0.3) is 0 Å². The second-order valence-electron chi connectivity index (χ2n) is 6.84. The van der Waals surface area contributed by atoms with E-state index in [1.807, 2.05) is 11.8 Å². The van der Waals surface area contributed by atoms with Gasteiger partial charge in [0.2, 0.25) is 11.8 Å². The summed E-state index contributed by atoms with van der Waals surface area (Å²) in [6.45, 7) is 3.24. The Hall–Kier alpha value is -1.59. The molecule has 2 aliphatic rings. The number of nitrogens with zero attached hydrogens (tertiary/aromatic N) is 1. The topological polar surface area (TPSA) is 86.7 Å². The highest BCUT2D eigenvalue weighted by Gasteiger charge is 2.35. The molecule has 0 spiro atoms. The second kappa shape index (κ2) is 8.31. The molecule has 0 aromatic carbocycles. The lowest BCUT2D eigenvalue weighted by molar-refractivity contribution is -0.146. The quantitative estimate of drug-likeness (QED) is 0.807. The van der Waals surface area contributed by atoms with Crippen molar-refractivity contribution in [2.75, 3.05) is 13.1 Å². The molecule has 2 N–H and O–H groups in total. The van der Waals surface area contributed by atoms with Crippen LogP contribution >= 0.6 is 0 Å². The van der Waals surface area contributed by atoms with Crippen LogP contribution in [0.15, 0.2) is 0 Å². The number of carboxylic acid groups (broad SMARTS) is 1. The van der Waals surface area contributed by atoms with Gasteiger partial charge < -0.3 is 15.3 Å². The molecule has 2 rings (SSSR count). The first kappa shape index (κ1) is 17.8. The second-order valence-corrected chi connectivity index (χ2v) is 6.84. The molecule has 6 heteroatoms. The average molecular weight is 324 g/mol. The highest BCUT2D eigenvalue weighted by Crippen LogP contribution is 2.31. The number of carbonyl (C=O) groups is 3. The summed E-state index contributed by atoms with van der Waals surface area (Å²) in [5.41, 5.74) is 0. The molecule has 1 heterocycles. The van der Waals surface area contributed by atoms with Gasteiger partial charge in [-0.25, -0.2) is 0 Å². The van der Waals surface area contributed by atoms with Gasteiger partial charge in [-0.15, -0.1) is 0 Å². The zero-order valence-electron chi connectivity index (χ0n) is 13.9. The van der Waals surface area contributed by atoms with Gasteiger partial charge in [0, 0.05) is 31.5 Å². The molecule has 1 saturated carbocycles. The van der Waals surface area contributed by atoms with Gasteiger partial charge >= 0.3 is 5.97 Å². The molecule has 1 saturated heterocycles. The monoisotopic (exact) mass is 324 g/mol. The van der Waals surface area contributed by atoms with Crippen LogP contribution in [0.4, 0.5) is 0 Å². The van der Waals surface area contributed by atoms with Gasteiger partial charge in [-0.3, -0.25) is 14.4 Å². The number of carbonyl (C=O) groups excluding carboxylic acids is 2. The van der Waals surface area contributed by atoms with Crippen molar-refractivity contribution in [3.8, 4) is 0 Å². The Kier molecular flexibility index (Phi) is 6.42. The van der Waals surface area contributed by atoms with E-state index in [2.05, 4.69) is 5.32 Å². The number of aliphatic carboxylic acids is 1. The minimum Gasteiger partial charge on any atom is -0.481 e. The number of amides is 2. The van der Waals surface area contributed by atoms with Crippen molar-refractivity contribution >= 4 is 17.8 Å². The summed E-state index contributed by atoms with van der Waals surface area (Å²) in [4.78, 5) is 37.4. The zero-order chi connectivity index (χ0) is 16.8. The van der Waals surface area contributed by atoms with Gasteiger partial charge in [-0.1, -0.05) is 13.3 Å². The molecule has 6 nitrogen and oxygen atoms in total. The van der Waals surface area contributed by atoms with Crippen molar-refractivity contribution in [1.82, 2.24) is 10.2 Å². The van der Waals surface area contributed by atoms with Gasteiger partial charge in [0.15, 0.2) is 0 Å². The van der Waals surface area contributed by atoms with E-state index >= 15 is 0 Å². The lowest BCUT2D eigenvalue weighted by atomic mass is 9.80. The summed E-state index contributed by atoms with van der Waals surface area (Å²) in [5, 5.41) is 12.2. The molecule has 2 amide bonds. The predicted octanol–water partition coefficient (Wildman–Crippen LogP) is 1.78. The van der Waals surface area contributed by atoms with Crippen molar-refractivity contribution in [1.29, 1.82) is 0 Å². The van der Waals surface area contributed by atoms with E-state index < -0.39 is 5.97 Å². The maximum atomic E-state index is 12.7. The Labute approximate surface area is 137 Å². The third kappa shape index (κ3) is 4.94. The number of hydrogen-bond donors (Lipinski definition) is 2. The van der Waals surface area contributed by atoms with Gasteiger partial charge in [-0.2, -0.15) is 0 Å². The van der Waals surface area contributed by atoms with Crippen LogP contribution in [-0.4, -0.2) is 46.9 Å². The van der Waals surface area contributed by atoms with Crippen molar-refractivity contribution in [2.24, 2.45) is 11.8 Å². The highest BCUT2D eigenvalue weighted by atomic mass is 16.4. The average Bonchev–Trinajstić information content (AvgIpc) is 2.54. The fourth-order valence-corrected chi connectivity index (χ4v) is 3.72. The van der Waals surface area contributed by atoms with Crippen LogP contribution in [0.25, 0.3) is 0 Å². The van der Waals surface area contributed by atoms with Crippen molar-refractivity contribution in [2.45, 2.75) is 64.3 Å². The lowest BCUT2D eigenvalue weighted by Gasteiger charge is -2.37. The summed E-state index contributed by atoms with van der Waals surface area (Å²) in [5.74, 6) is -1.22. The predicted molar refractivity (Wildman–Crippen MR) is 85.7 cm³/mol. The molecule has 1 aliphatic carbocycles. The first-order valence-corrected chi connectivity index (χ1v) is 8.82. The van der Waals surface area contributed by atoms with Crippen LogP contribution in [0.5, 0.6) is 0 Å². The first-order valence-electron chi connectivity index (χ1n) is 8.82. The summed E-state index contributed by atoms with van der Waals surface area (Å²) >= 11 is 0. The van der Waals surface area contributed by atoms with E-state index in [0.717, 1.165) is 32.1 Å². The summed E-state index contributed by atoms with van der Waals surface area (Å²) in [6.07, 6.45) is 5.85. The minimum absolute atomic E-state index is 0.0330. The number of nitrogens with one attached hydrogen (secondary N) is 1. The Bertz CT molecular complexity index is 452. The number of carboxylic acids is 1. The fourth-order valence-electron chi connectivity index (χ4n) is 3.72. The molecule has 1 aliphatic heterocycles. The van der Waals surface area contributed by atoms with E-state index in [9.17, 15) is 14.4 Å². The summed E-state index contributed by atoms with van der Waals surface area (Å²) in [6, 6.07) is 0.0330. The number of hydrogen-bond acceptors (Lipinski definition) is 3. The van der Waals surface area contributed by atoms with Crippen LogP contribution in [-0.2, 0) is 14.4 Å². The Balaban J connectivity index is 1.88. The van der Waals surface area contributed by atoms with E-state index in [1.165, 1.54) is 0 Å². The smallest absolute Gasteiger partial charge is 0.306 e. The van der Waals surface area contributed by atoms with E-state index in [1.54, 1.807) is 0 Å². The van der Waals surface area contributed by atoms with Crippen LogP contribution in [0.1, 0.15) is 58.3 Å². The molecule has 0 aromatic rings. The first-order chi connectivity index (χ1) is 11.0. The summed E-state index contributed by atoms with van der Waals surface area (Å²) in [7, 11) is 0. The minimum atomic E-state index is -0.786. The highest BCUT2D eigenvalue weighted by molar-refractivity contribution is 5.81. The molecular weight excluding hydrogens is 296 g/mol.